The predicted molar refractivity (Wildman–Crippen MR) is 111 cm³/mol. The van der Waals surface area contributed by atoms with Gasteiger partial charge in [0.15, 0.2) is 0 Å². The summed E-state index contributed by atoms with van der Waals surface area (Å²) in [6.07, 6.45) is 0.735. The Kier molecular flexibility index (Phi) is 6.42. The van der Waals surface area contributed by atoms with Crippen LogP contribution in [0.3, 0.4) is 0 Å². The van der Waals surface area contributed by atoms with Crippen molar-refractivity contribution < 1.29 is 9.59 Å². The Morgan fingerprint density at radius 1 is 0.815 bits per heavy atom. The summed E-state index contributed by atoms with van der Waals surface area (Å²) >= 11 is 0. The van der Waals surface area contributed by atoms with Crippen molar-refractivity contribution in [3.05, 3.63) is 65.7 Å². The Morgan fingerprint density at radius 2 is 1.41 bits per heavy atom. The van der Waals surface area contributed by atoms with Gasteiger partial charge in [-0.1, -0.05) is 63.2 Å². The Morgan fingerprint density at radius 3 is 1.96 bits per heavy atom. The van der Waals surface area contributed by atoms with Crippen LogP contribution in [-0.4, -0.2) is 18.4 Å². The molecule has 0 saturated heterocycles. The normalized spacial score (nSPS) is 11.7. The second-order valence-corrected chi connectivity index (χ2v) is 8.40. The van der Waals surface area contributed by atoms with Gasteiger partial charge < -0.3 is 10.6 Å². The van der Waals surface area contributed by atoms with Gasteiger partial charge in [0, 0.05) is 12.2 Å². The lowest BCUT2D eigenvalue weighted by Gasteiger charge is -2.23. The summed E-state index contributed by atoms with van der Waals surface area (Å²) in [6, 6.07) is 17.7. The summed E-state index contributed by atoms with van der Waals surface area (Å²) in [5.41, 5.74) is 1.94. The molecule has 0 aliphatic carbocycles. The molecule has 0 fully saturated rings. The molecule has 0 aliphatic heterocycles. The molecule has 0 spiro atoms. The topological polar surface area (TPSA) is 58.2 Å². The van der Waals surface area contributed by atoms with Gasteiger partial charge in [-0.05, 0) is 48.9 Å². The highest BCUT2D eigenvalue weighted by atomic mass is 16.2. The van der Waals surface area contributed by atoms with Gasteiger partial charge in [0.25, 0.3) is 0 Å². The molecule has 2 amide bonds. The first kappa shape index (κ1) is 20.7. The standard InChI is InChI=1S/C23H30N2O2/c1-22(2,3)18-11-13-19(14-12-18)25-21(27)23(4,5)20(26)24-16-15-17-9-7-6-8-10-17/h6-14H,15-16H2,1-5H3,(H,24,26)(H,25,27). The quantitative estimate of drug-likeness (QED) is 0.749. The van der Waals surface area contributed by atoms with Crippen LogP contribution in [0, 0.1) is 5.41 Å². The maximum absolute atomic E-state index is 12.6. The molecule has 0 saturated carbocycles. The van der Waals surface area contributed by atoms with Crippen molar-refractivity contribution in [1.29, 1.82) is 0 Å². The molecular formula is C23H30N2O2. The summed E-state index contributed by atoms with van der Waals surface area (Å²) in [4.78, 5) is 25.1. The molecule has 144 valence electrons. The maximum Gasteiger partial charge on any atom is 0.239 e. The lowest BCUT2D eigenvalue weighted by Crippen LogP contribution is -2.45. The summed E-state index contributed by atoms with van der Waals surface area (Å²) in [7, 11) is 0. The van der Waals surface area contributed by atoms with E-state index >= 15 is 0 Å². The van der Waals surface area contributed by atoms with E-state index < -0.39 is 5.41 Å². The van der Waals surface area contributed by atoms with Crippen LogP contribution in [0.1, 0.15) is 45.7 Å². The van der Waals surface area contributed by atoms with Crippen molar-refractivity contribution in [2.24, 2.45) is 5.41 Å². The van der Waals surface area contributed by atoms with Crippen LogP contribution in [0.2, 0.25) is 0 Å². The fourth-order valence-electron chi connectivity index (χ4n) is 2.63. The van der Waals surface area contributed by atoms with E-state index in [4.69, 9.17) is 0 Å². The third-order valence-corrected chi connectivity index (χ3v) is 4.69. The summed E-state index contributed by atoms with van der Waals surface area (Å²) in [6.45, 7) is 10.2. The molecule has 2 aromatic carbocycles. The van der Waals surface area contributed by atoms with Gasteiger partial charge in [0.2, 0.25) is 11.8 Å². The van der Waals surface area contributed by atoms with Crippen LogP contribution in [0.4, 0.5) is 5.69 Å². The van der Waals surface area contributed by atoms with Crippen molar-refractivity contribution in [3.63, 3.8) is 0 Å². The molecule has 27 heavy (non-hydrogen) atoms. The summed E-state index contributed by atoms with van der Waals surface area (Å²) < 4.78 is 0. The molecule has 2 aromatic rings. The predicted octanol–water partition coefficient (Wildman–Crippen LogP) is 4.31. The number of hydrogen-bond acceptors (Lipinski definition) is 2. The van der Waals surface area contributed by atoms with Crippen molar-refractivity contribution in [2.45, 2.75) is 46.5 Å². The van der Waals surface area contributed by atoms with Crippen LogP contribution < -0.4 is 10.6 Å². The van der Waals surface area contributed by atoms with Gasteiger partial charge in [0.05, 0.1) is 0 Å². The smallest absolute Gasteiger partial charge is 0.239 e. The molecule has 4 heteroatoms. The van der Waals surface area contributed by atoms with Crippen LogP contribution in [0.15, 0.2) is 54.6 Å². The third-order valence-electron chi connectivity index (χ3n) is 4.69. The van der Waals surface area contributed by atoms with Gasteiger partial charge in [-0.3, -0.25) is 9.59 Å². The Hall–Kier alpha value is -2.62. The van der Waals surface area contributed by atoms with E-state index in [0.717, 1.165) is 12.0 Å². The first-order valence-electron chi connectivity index (χ1n) is 9.35. The molecule has 2 N–H and O–H groups in total. The molecule has 4 nitrogen and oxygen atoms in total. The van der Waals surface area contributed by atoms with Crippen LogP contribution in [0.25, 0.3) is 0 Å². The van der Waals surface area contributed by atoms with Crippen LogP contribution >= 0.6 is 0 Å². The van der Waals surface area contributed by atoms with E-state index in [0.29, 0.717) is 12.2 Å². The van der Waals surface area contributed by atoms with Crippen molar-refractivity contribution in [3.8, 4) is 0 Å². The van der Waals surface area contributed by atoms with E-state index in [1.807, 2.05) is 54.6 Å². The Bertz CT molecular complexity index is 772. The van der Waals surface area contributed by atoms with Gasteiger partial charge in [0.1, 0.15) is 5.41 Å². The number of carbonyl (C=O) groups excluding carboxylic acids is 2. The van der Waals surface area contributed by atoms with Crippen molar-refractivity contribution in [2.75, 3.05) is 11.9 Å². The number of nitrogens with one attached hydrogen (secondary N) is 2. The second-order valence-electron chi connectivity index (χ2n) is 8.40. The Labute approximate surface area is 162 Å². The number of rotatable bonds is 6. The zero-order valence-corrected chi connectivity index (χ0v) is 16.9. The largest absolute Gasteiger partial charge is 0.355 e. The number of carbonyl (C=O) groups is 2. The highest BCUT2D eigenvalue weighted by molar-refractivity contribution is 6.09. The van der Waals surface area contributed by atoms with Crippen molar-refractivity contribution >= 4 is 17.5 Å². The fraction of sp³-hybridized carbons (Fsp3) is 0.391. The van der Waals surface area contributed by atoms with E-state index in [9.17, 15) is 9.59 Å². The fourth-order valence-corrected chi connectivity index (χ4v) is 2.63. The van der Waals surface area contributed by atoms with Crippen LogP contribution in [0.5, 0.6) is 0 Å². The minimum Gasteiger partial charge on any atom is -0.355 e. The van der Waals surface area contributed by atoms with E-state index in [1.54, 1.807) is 13.8 Å². The maximum atomic E-state index is 12.6. The zero-order valence-electron chi connectivity index (χ0n) is 16.9. The Balaban J connectivity index is 1.92. The molecule has 0 aliphatic rings. The highest BCUT2D eigenvalue weighted by Gasteiger charge is 2.35. The lowest BCUT2D eigenvalue weighted by molar-refractivity contribution is -0.138. The zero-order chi connectivity index (χ0) is 20.1. The molecule has 0 unspecified atom stereocenters. The van der Waals surface area contributed by atoms with Gasteiger partial charge in [-0.15, -0.1) is 0 Å². The number of amides is 2. The third kappa shape index (κ3) is 5.68. The van der Waals surface area contributed by atoms with E-state index in [2.05, 4.69) is 31.4 Å². The summed E-state index contributed by atoms with van der Waals surface area (Å²) in [5, 5.41) is 5.72. The first-order chi connectivity index (χ1) is 12.6. The second kappa shape index (κ2) is 8.38. The minimum absolute atomic E-state index is 0.0560. The first-order valence-corrected chi connectivity index (χ1v) is 9.35. The van der Waals surface area contributed by atoms with Crippen LogP contribution in [-0.2, 0) is 21.4 Å². The molecule has 0 aromatic heterocycles. The lowest BCUT2D eigenvalue weighted by atomic mass is 9.87. The SMILES string of the molecule is CC(C)(C(=O)NCCc1ccccc1)C(=O)Nc1ccc(C(C)(C)C)cc1. The van der Waals surface area contributed by atoms with E-state index in [-0.39, 0.29) is 17.2 Å². The molecular weight excluding hydrogens is 336 g/mol. The molecule has 0 bridgehead atoms. The number of hydrogen-bond donors (Lipinski definition) is 2. The monoisotopic (exact) mass is 366 g/mol. The number of benzene rings is 2. The summed E-state index contributed by atoms with van der Waals surface area (Å²) in [5.74, 6) is -0.592. The minimum atomic E-state index is -1.15. The highest BCUT2D eigenvalue weighted by Crippen LogP contribution is 2.24. The van der Waals surface area contributed by atoms with Gasteiger partial charge in [-0.2, -0.15) is 0 Å². The molecule has 2 rings (SSSR count). The van der Waals surface area contributed by atoms with Gasteiger partial charge in [-0.25, -0.2) is 0 Å². The molecule has 0 atom stereocenters. The molecule has 0 heterocycles. The van der Waals surface area contributed by atoms with Gasteiger partial charge >= 0.3 is 0 Å². The number of anilines is 1. The van der Waals surface area contributed by atoms with Crippen molar-refractivity contribution in [1.82, 2.24) is 5.32 Å². The van der Waals surface area contributed by atoms with E-state index in [1.165, 1.54) is 5.56 Å². The average Bonchev–Trinajstić information content (AvgIpc) is 2.62. The average molecular weight is 367 g/mol. The molecule has 0 radical (unpaired) electrons.